The van der Waals surface area contributed by atoms with Crippen molar-refractivity contribution >= 4 is 16.7 Å². The summed E-state index contributed by atoms with van der Waals surface area (Å²) in [6.07, 6.45) is 0. The van der Waals surface area contributed by atoms with Gasteiger partial charge in [0.2, 0.25) is 0 Å². The average Bonchev–Trinajstić information content (AvgIpc) is 2.94. The summed E-state index contributed by atoms with van der Waals surface area (Å²) in [4.78, 5) is 16.9. The van der Waals surface area contributed by atoms with Crippen LogP contribution in [0.2, 0.25) is 0 Å². The first-order chi connectivity index (χ1) is 10.7. The van der Waals surface area contributed by atoms with E-state index in [1.807, 2.05) is 24.3 Å². The molecular weight excluding hydrogens is 281 g/mol. The Kier molecular flexibility index (Phi) is 2.63. The number of imidazole rings is 1. The molecule has 0 unspecified atom stereocenters. The van der Waals surface area contributed by atoms with Crippen molar-refractivity contribution in [2.75, 3.05) is 0 Å². The Morgan fingerprint density at radius 1 is 1.00 bits per heavy atom. The molecule has 0 aliphatic carbocycles. The van der Waals surface area contributed by atoms with Crippen molar-refractivity contribution in [3.8, 4) is 11.3 Å². The lowest BCUT2D eigenvalue weighted by Gasteiger charge is -2.10. The van der Waals surface area contributed by atoms with Gasteiger partial charge in [0, 0.05) is 12.6 Å². The van der Waals surface area contributed by atoms with Crippen molar-refractivity contribution in [1.82, 2.24) is 14.0 Å². The third-order valence-corrected chi connectivity index (χ3v) is 3.83. The number of rotatable bonds is 1. The zero-order chi connectivity index (χ0) is 15.3. The number of para-hydroxylation sites is 2. The van der Waals surface area contributed by atoms with Gasteiger partial charge in [0.15, 0.2) is 11.5 Å². The summed E-state index contributed by atoms with van der Waals surface area (Å²) in [5, 5.41) is 0. The van der Waals surface area contributed by atoms with Gasteiger partial charge in [0.25, 0.3) is 0 Å². The topological polar surface area (TPSA) is 39.3 Å². The predicted octanol–water partition coefficient (Wildman–Crippen LogP) is 2.99. The quantitative estimate of drug-likeness (QED) is 0.541. The minimum absolute atomic E-state index is 0.0585. The van der Waals surface area contributed by atoms with Gasteiger partial charge in [-0.1, -0.05) is 42.5 Å². The smallest absolute Gasteiger partial charge is 0.293 e. The number of benzene rings is 2. The van der Waals surface area contributed by atoms with Crippen LogP contribution in [0.5, 0.6) is 0 Å². The van der Waals surface area contributed by atoms with E-state index >= 15 is 0 Å². The standard InChI is InChI=1S/C17H12FN3O/c1-20-15(11-7-3-2-4-8-11)14(18)16-19-12-9-5-6-10-13(12)21(16)17(20)22/h2-10H,1H3. The molecule has 0 amide bonds. The second-order valence-electron chi connectivity index (χ2n) is 5.13. The monoisotopic (exact) mass is 293 g/mol. The number of halogens is 1. The van der Waals surface area contributed by atoms with Crippen LogP contribution in [0, 0.1) is 5.82 Å². The molecule has 0 spiro atoms. The molecule has 2 aromatic carbocycles. The van der Waals surface area contributed by atoms with E-state index in [1.54, 1.807) is 37.4 Å². The van der Waals surface area contributed by atoms with Crippen LogP contribution in [0.4, 0.5) is 4.39 Å². The van der Waals surface area contributed by atoms with E-state index < -0.39 is 5.82 Å². The maximum absolute atomic E-state index is 15.0. The lowest BCUT2D eigenvalue weighted by atomic mass is 10.1. The Morgan fingerprint density at radius 2 is 1.68 bits per heavy atom. The molecule has 0 fully saturated rings. The Morgan fingerprint density at radius 3 is 2.45 bits per heavy atom. The van der Waals surface area contributed by atoms with E-state index in [1.165, 1.54) is 8.97 Å². The zero-order valence-corrected chi connectivity index (χ0v) is 11.8. The molecule has 0 N–H and O–H groups in total. The van der Waals surface area contributed by atoms with Crippen LogP contribution < -0.4 is 5.69 Å². The van der Waals surface area contributed by atoms with Crippen molar-refractivity contribution in [3.63, 3.8) is 0 Å². The van der Waals surface area contributed by atoms with Crippen molar-refractivity contribution in [2.45, 2.75) is 0 Å². The zero-order valence-electron chi connectivity index (χ0n) is 11.8. The van der Waals surface area contributed by atoms with Gasteiger partial charge in [-0.3, -0.25) is 4.57 Å². The molecule has 2 heterocycles. The van der Waals surface area contributed by atoms with Crippen molar-refractivity contribution < 1.29 is 4.39 Å². The van der Waals surface area contributed by atoms with E-state index in [4.69, 9.17) is 0 Å². The fourth-order valence-corrected chi connectivity index (χ4v) is 2.78. The molecule has 0 saturated heterocycles. The highest BCUT2D eigenvalue weighted by Gasteiger charge is 2.19. The molecule has 22 heavy (non-hydrogen) atoms. The summed E-state index contributed by atoms with van der Waals surface area (Å²) in [6, 6.07) is 16.2. The second-order valence-corrected chi connectivity index (χ2v) is 5.13. The summed E-state index contributed by atoms with van der Waals surface area (Å²) in [6.45, 7) is 0. The molecule has 0 aliphatic rings. The lowest BCUT2D eigenvalue weighted by molar-refractivity contribution is 0.606. The number of aromatic nitrogens is 3. The van der Waals surface area contributed by atoms with Crippen LogP contribution in [-0.2, 0) is 7.05 Å². The van der Waals surface area contributed by atoms with E-state index in [2.05, 4.69) is 4.98 Å². The minimum Gasteiger partial charge on any atom is -0.293 e. The molecule has 2 aromatic heterocycles. The third-order valence-electron chi connectivity index (χ3n) is 3.83. The van der Waals surface area contributed by atoms with E-state index in [9.17, 15) is 9.18 Å². The van der Waals surface area contributed by atoms with E-state index in [-0.39, 0.29) is 17.0 Å². The molecule has 0 atom stereocenters. The highest BCUT2D eigenvalue weighted by atomic mass is 19.1. The van der Waals surface area contributed by atoms with Crippen molar-refractivity contribution in [1.29, 1.82) is 0 Å². The van der Waals surface area contributed by atoms with Crippen LogP contribution >= 0.6 is 0 Å². The summed E-state index contributed by atoms with van der Waals surface area (Å²) in [5.41, 5.74) is 1.84. The minimum atomic E-state index is -0.496. The summed E-state index contributed by atoms with van der Waals surface area (Å²) in [7, 11) is 1.57. The Labute approximate surface area is 125 Å². The molecule has 5 heteroatoms. The first-order valence-corrected chi connectivity index (χ1v) is 6.89. The summed E-state index contributed by atoms with van der Waals surface area (Å²) in [5.74, 6) is -0.496. The van der Waals surface area contributed by atoms with Gasteiger partial charge < -0.3 is 0 Å². The maximum Gasteiger partial charge on any atom is 0.334 e. The van der Waals surface area contributed by atoms with Crippen LogP contribution in [-0.4, -0.2) is 14.0 Å². The van der Waals surface area contributed by atoms with Gasteiger partial charge in [-0.15, -0.1) is 0 Å². The second kappa shape index (κ2) is 4.53. The van der Waals surface area contributed by atoms with Gasteiger partial charge in [-0.05, 0) is 12.1 Å². The molecule has 0 bridgehead atoms. The maximum atomic E-state index is 15.0. The largest absolute Gasteiger partial charge is 0.334 e. The molecule has 4 aromatic rings. The first-order valence-electron chi connectivity index (χ1n) is 6.89. The molecule has 0 aliphatic heterocycles. The van der Waals surface area contributed by atoms with Gasteiger partial charge in [-0.2, -0.15) is 0 Å². The fourth-order valence-electron chi connectivity index (χ4n) is 2.78. The van der Waals surface area contributed by atoms with E-state index in [0.717, 1.165) is 0 Å². The van der Waals surface area contributed by atoms with Crippen molar-refractivity contribution in [3.05, 3.63) is 70.9 Å². The van der Waals surface area contributed by atoms with Crippen LogP contribution in [0.1, 0.15) is 0 Å². The SMILES string of the molecule is Cn1c(-c2ccccc2)c(F)c2nc3ccccc3n2c1=O. The molecule has 0 radical (unpaired) electrons. The number of nitrogens with zero attached hydrogens (tertiary/aromatic N) is 3. The normalized spacial score (nSPS) is 11.4. The lowest BCUT2D eigenvalue weighted by Crippen LogP contribution is -2.27. The molecular formula is C17H12FN3O. The molecule has 0 saturated carbocycles. The number of hydrogen-bond donors (Lipinski definition) is 0. The van der Waals surface area contributed by atoms with Gasteiger partial charge >= 0.3 is 5.69 Å². The van der Waals surface area contributed by atoms with Crippen LogP contribution in [0.25, 0.3) is 27.9 Å². The van der Waals surface area contributed by atoms with Gasteiger partial charge in [-0.25, -0.2) is 18.6 Å². The van der Waals surface area contributed by atoms with E-state index in [0.29, 0.717) is 16.6 Å². The van der Waals surface area contributed by atoms with Crippen LogP contribution in [0.3, 0.4) is 0 Å². The highest BCUT2D eigenvalue weighted by Crippen LogP contribution is 2.25. The number of fused-ring (bicyclic) bond motifs is 3. The molecule has 108 valence electrons. The molecule has 4 nitrogen and oxygen atoms in total. The van der Waals surface area contributed by atoms with Crippen LogP contribution in [0.15, 0.2) is 59.4 Å². The predicted molar refractivity (Wildman–Crippen MR) is 83.3 cm³/mol. The third kappa shape index (κ3) is 1.62. The Balaban J connectivity index is 2.22. The van der Waals surface area contributed by atoms with Crippen molar-refractivity contribution in [2.24, 2.45) is 7.05 Å². The van der Waals surface area contributed by atoms with Gasteiger partial charge in [0.05, 0.1) is 16.7 Å². The number of hydrogen-bond acceptors (Lipinski definition) is 2. The summed E-state index contributed by atoms with van der Waals surface area (Å²) < 4.78 is 17.6. The average molecular weight is 293 g/mol. The Bertz CT molecular complexity index is 1060. The van der Waals surface area contributed by atoms with Gasteiger partial charge in [0.1, 0.15) is 0 Å². The molecule has 4 rings (SSSR count). The highest BCUT2D eigenvalue weighted by molar-refractivity contribution is 5.81. The first kappa shape index (κ1) is 12.8. The summed E-state index contributed by atoms with van der Waals surface area (Å²) >= 11 is 0. The fraction of sp³-hybridized carbons (Fsp3) is 0.0588. The Hall–Kier alpha value is -2.95.